The molecule has 3 rings (SSSR count). The standard InChI is InChI=1S/C24H25NO4S2/c1-3-28-22(26)5-4-14-25-23(27)21(31-24(25)30)15-18-10-12-20(13-11-18)29-16-19-8-6-17(2)7-9-19/h6-13,15H,3-5,14,16H2,1-2H3/b21-15-. The van der Waals surface area contributed by atoms with E-state index in [4.69, 9.17) is 21.7 Å². The van der Waals surface area contributed by atoms with Crippen LogP contribution in [-0.4, -0.2) is 34.2 Å². The number of benzene rings is 2. The van der Waals surface area contributed by atoms with E-state index in [1.165, 1.54) is 17.3 Å². The molecule has 1 aliphatic rings. The number of thioether (sulfide) groups is 1. The Balaban J connectivity index is 1.54. The summed E-state index contributed by atoms with van der Waals surface area (Å²) in [5.74, 6) is 0.385. The van der Waals surface area contributed by atoms with Crippen molar-refractivity contribution in [2.75, 3.05) is 13.2 Å². The summed E-state index contributed by atoms with van der Waals surface area (Å²) in [6.45, 7) is 5.10. The van der Waals surface area contributed by atoms with E-state index < -0.39 is 0 Å². The third kappa shape index (κ3) is 6.67. The molecule has 0 saturated carbocycles. The normalized spacial score (nSPS) is 14.9. The topological polar surface area (TPSA) is 55.8 Å². The zero-order valence-corrected chi connectivity index (χ0v) is 19.3. The van der Waals surface area contributed by atoms with Gasteiger partial charge in [-0.15, -0.1) is 0 Å². The van der Waals surface area contributed by atoms with Gasteiger partial charge in [-0.2, -0.15) is 0 Å². The largest absolute Gasteiger partial charge is 0.489 e. The van der Waals surface area contributed by atoms with Gasteiger partial charge in [0.2, 0.25) is 0 Å². The van der Waals surface area contributed by atoms with Gasteiger partial charge in [0, 0.05) is 13.0 Å². The van der Waals surface area contributed by atoms with Gasteiger partial charge >= 0.3 is 5.97 Å². The molecular formula is C24H25NO4S2. The van der Waals surface area contributed by atoms with E-state index >= 15 is 0 Å². The summed E-state index contributed by atoms with van der Waals surface area (Å²) in [6, 6.07) is 15.8. The number of hydrogen-bond donors (Lipinski definition) is 0. The molecule has 1 aliphatic heterocycles. The van der Waals surface area contributed by atoms with Crippen molar-refractivity contribution >= 4 is 46.3 Å². The predicted octanol–water partition coefficient (Wildman–Crippen LogP) is 5.12. The molecule has 1 saturated heterocycles. The van der Waals surface area contributed by atoms with Crippen molar-refractivity contribution in [2.24, 2.45) is 0 Å². The molecule has 0 aromatic heterocycles. The summed E-state index contributed by atoms with van der Waals surface area (Å²) in [5, 5.41) is 0. The molecule has 0 unspecified atom stereocenters. The van der Waals surface area contributed by atoms with Crippen molar-refractivity contribution in [1.29, 1.82) is 0 Å². The number of aryl methyl sites for hydroxylation is 1. The van der Waals surface area contributed by atoms with Crippen LogP contribution in [0, 0.1) is 6.92 Å². The SMILES string of the molecule is CCOC(=O)CCCN1C(=O)/C(=C/c2ccc(OCc3ccc(C)cc3)cc2)SC1=S. The van der Waals surface area contributed by atoms with Crippen LogP contribution in [0.4, 0.5) is 0 Å². The lowest BCUT2D eigenvalue weighted by atomic mass is 10.1. The molecule has 1 heterocycles. The molecule has 0 aliphatic carbocycles. The first-order valence-corrected chi connectivity index (χ1v) is 11.4. The quantitative estimate of drug-likeness (QED) is 0.297. The summed E-state index contributed by atoms with van der Waals surface area (Å²) in [7, 11) is 0. The average Bonchev–Trinajstić information content (AvgIpc) is 3.02. The maximum absolute atomic E-state index is 12.7. The molecule has 7 heteroatoms. The molecule has 31 heavy (non-hydrogen) atoms. The number of hydrogen-bond acceptors (Lipinski definition) is 6. The first-order valence-electron chi connectivity index (χ1n) is 10.2. The number of ether oxygens (including phenoxy) is 2. The van der Waals surface area contributed by atoms with Gasteiger partial charge in [-0.25, -0.2) is 0 Å². The van der Waals surface area contributed by atoms with Crippen molar-refractivity contribution in [3.8, 4) is 5.75 Å². The van der Waals surface area contributed by atoms with Crippen molar-refractivity contribution in [3.05, 3.63) is 70.1 Å². The molecule has 5 nitrogen and oxygen atoms in total. The van der Waals surface area contributed by atoms with E-state index in [0.29, 0.717) is 35.4 Å². The number of amides is 1. The first kappa shape index (κ1) is 23.0. The van der Waals surface area contributed by atoms with E-state index in [1.807, 2.05) is 30.3 Å². The third-order valence-electron chi connectivity index (χ3n) is 4.65. The van der Waals surface area contributed by atoms with Crippen molar-refractivity contribution in [2.45, 2.75) is 33.3 Å². The molecule has 0 bridgehead atoms. The van der Waals surface area contributed by atoms with Crippen LogP contribution >= 0.6 is 24.0 Å². The van der Waals surface area contributed by atoms with Gasteiger partial charge in [-0.3, -0.25) is 14.5 Å². The molecule has 1 amide bonds. The Labute approximate surface area is 192 Å². The summed E-state index contributed by atoms with van der Waals surface area (Å²) >= 11 is 6.62. The monoisotopic (exact) mass is 455 g/mol. The van der Waals surface area contributed by atoms with Crippen molar-refractivity contribution < 1.29 is 19.1 Å². The van der Waals surface area contributed by atoms with Crippen LogP contribution < -0.4 is 4.74 Å². The average molecular weight is 456 g/mol. The van der Waals surface area contributed by atoms with Crippen LogP contribution in [0.15, 0.2) is 53.4 Å². The minimum absolute atomic E-state index is 0.126. The smallest absolute Gasteiger partial charge is 0.305 e. The van der Waals surface area contributed by atoms with Crippen molar-refractivity contribution in [3.63, 3.8) is 0 Å². The lowest BCUT2D eigenvalue weighted by Gasteiger charge is -2.13. The van der Waals surface area contributed by atoms with Gasteiger partial charge in [-0.1, -0.05) is 65.9 Å². The van der Waals surface area contributed by atoms with Crippen molar-refractivity contribution in [1.82, 2.24) is 4.90 Å². The molecule has 0 atom stereocenters. The Morgan fingerprint density at radius 1 is 1.13 bits per heavy atom. The highest BCUT2D eigenvalue weighted by molar-refractivity contribution is 8.26. The second-order valence-electron chi connectivity index (χ2n) is 7.09. The Morgan fingerprint density at radius 2 is 1.84 bits per heavy atom. The number of thiocarbonyl (C=S) groups is 1. The minimum atomic E-state index is -0.256. The van der Waals surface area contributed by atoms with Crippen LogP contribution in [0.1, 0.15) is 36.5 Å². The molecule has 2 aromatic rings. The Bertz CT molecular complexity index is 968. The molecular weight excluding hydrogens is 430 g/mol. The highest BCUT2D eigenvalue weighted by atomic mass is 32.2. The fourth-order valence-electron chi connectivity index (χ4n) is 2.97. The van der Waals surface area contributed by atoms with Crippen LogP contribution in [-0.2, 0) is 20.9 Å². The Kier molecular flexibility index (Phi) is 8.26. The minimum Gasteiger partial charge on any atom is -0.489 e. The van der Waals surface area contributed by atoms with Gasteiger partial charge in [-0.05, 0) is 49.6 Å². The van der Waals surface area contributed by atoms with Gasteiger partial charge < -0.3 is 9.47 Å². The maximum Gasteiger partial charge on any atom is 0.305 e. The zero-order valence-electron chi connectivity index (χ0n) is 17.6. The number of carbonyl (C=O) groups is 2. The van der Waals surface area contributed by atoms with Crippen LogP contribution in [0.25, 0.3) is 6.08 Å². The maximum atomic E-state index is 12.7. The molecule has 0 radical (unpaired) electrons. The lowest BCUT2D eigenvalue weighted by Crippen LogP contribution is -2.29. The summed E-state index contributed by atoms with van der Waals surface area (Å²) in [6.07, 6.45) is 2.62. The lowest BCUT2D eigenvalue weighted by molar-refractivity contribution is -0.143. The molecule has 162 valence electrons. The van der Waals surface area contributed by atoms with E-state index in [9.17, 15) is 9.59 Å². The summed E-state index contributed by atoms with van der Waals surface area (Å²) in [5.41, 5.74) is 3.23. The number of rotatable bonds is 9. The van der Waals surface area contributed by atoms with Gasteiger partial charge in [0.05, 0.1) is 11.5 Å². The second kappa shape index (κ2) is 11.1. The highest BCUT2D eigenvalue weighted by Gasteiger charge is 2.31. The molecule has 1 fully saturated rings. The molecule has 2 aromatic carbocycles. The fraction of sp³-hybridized carbons (Fsp3) is 0.292. The van der Waals surface area contributed by atoms with Gasteiger partial charge in [0.25, 0.3) is 5.91 Å². The highest BCUT2D eigenvalue weighted by Crippen LogP contribution is 2.33. The Hall–Kier alpha value is -2.64. The van der Waals surface area contributed by atoms with E-state index in [2.05, 4.69) is 31.2 Å². The van der Waals surface area contributed by atoms with Crippen LogP contribution in [0.5, 0.6) is 5.75 Å². The third-order valence-corrected chi connectivity index (χ3v) is 6.02. The van der Waals surface area contributed by atoms with Gasteiger partial charge in [0.1, 0.15) is 16.7 Å². The first-order chi connectivity index (χ1) is 15.0. The molecule has 0 spiro atoms. The fourth-order valence-corrected chi connectivity index (χ4v) is 4.28. The van der Waals surface area contributed by atoms with Crippen LogP contribution in [0.3, 0.4) is 0 Å². The summed E-state index contributed by atoms with van der Waals surface area (Å²) < 4.78 is 11.3. The number of esters is 1. The summed E-state index contributed by atoms with van der Waals surface area (Å²) in [4.78, 5) is 26.3. The second-order valence-corrected chi connectivity index (χ2v) is 8.76. The Morgan fingerprint density at radius 3 is 2.52 bits per heavy atom. The van der Waals surface area contributed by atoms with Gasteiger partial charge in [0.15, 0.2) is 0 Å². The van der Waals surface area contributed by atoms with E-state index in [0.717, 1.165) is 16.9 Å². The number of nitrogens with zero attached hydrogens (tertiary/aromatic N) is 1. The van der Waals surface area contributed by atoms with E-state index in [1.54, 1.807) is 11.8 Å². The predicted molar refractivity (Wildman–Crippen MR) is 128 cm³/mol. The molecule has 0 N–H and O–H groups in total. The van der Waals surface area contributed by atoms with E-state index in [-0.39, 0.29) is 18.3 Å². The zero-order chi connectivity index (χ0) is 22.2. The van der Waals surface area contributed by atoms with Crippen LogP contribution in [0.2, 0.25) is 0 Å². The number of carbonyl (C=O) groups excluding carboxylic acids is 2.